The number of nitrogens with one attached hydrogen (secondary N) is 1. The zero-order valence-electron chi connectivity index (χ0n) is 10.8. The maximum absolute atomic E-state index is 11.9. The normalized spacial score (nSPS) is 15.1. The lowest BCUT2D eigenvalue weighted by Gasteiger charge is -2.26. The summed E-state index contributed by atoms with van der Waals surface area (Å²) in [6.45, 7) is 1.89. The summed E-state index contributed by atoms with van der Waals surface area (Å²) in [5.41, 5.74) is 0.264. The van der Waals surface area contributed by atoms with Crippen molar-refractivity contribution in [1.82, 2.24) is 9.88 Å². The molecule has 0 atom stereocenters. The zero-order chi connectivity index (χ0) is 13.7. The highest BCUT2D eigenvalue weighted by Crippen LogP contribution is 2.16. The summed E-state index contributed by atoms with van der Waals surface area (Å²) >= 11 is 1.29. The van der Waals surface area contributed by atoms with Crippen molar-refractivity contribution >= 4 is 28.3 Å². The summed E-state index contributed by atoms with van der Waals surface area (Å²) in [5.74, 6) is -0.388. The van der Waals surface area contributed by atoms with Gasteiger partial charge in [-0.3, -0.25) is 4.79 Å². The molecule has 2 rings (SSSR count). The molecule has 1 fully saturated rings. The second-order valence-corrected chi connectivity index (χ2v) is 5.18. The number of carbonyl (C=O) groups is 2. The van der Waals surface area contributed by atoms with E-state index in [9.17, 15) is 9.59 Å². The standard InChI is InChI=1S/C12H17N3O3S/c1-18-11(17)9-8-19-12(14-9)13-7-10(16)15-5-3-2-4-6-15/h8H,2-7H2,1H3,(H,13,14). The molecule has 2 heterocycles. The number of anilines is 1. The van der Waals surface area contributed by atoms with Crippen LogP contribution in [0.25, 0.3) is 0 Å². The van der Waals surface area contributed by atoms with E-state index in [1.807, 2.05) is 4.90 Å². The zero-order valence-corrected chi connectivity index (χ0v) is 11.7. The number of hydrogen-bond acceptors (Lipinski definition) is 6. The molecule has 0 aliphatic carbocycles. The predicted octanol–water partition coefficient (Wildman–Crippen LogP) is 1.35. The number of rotatable bonds is 4. The Morgan fingerprint density at radius 1 is 1.42 bits per heavy atom. The summed E-state index contributed by atoms with van der Waals surface area (Å²) in [4.78, 5) is 29.1. The molecule has 0 aromatic carbocycles. The highest BCUT2D eigenvalue weighted by atomic mass is 32.1. The number of piperidine rings is 1. The number of hydrogen-bond donors (Lipinski definition) is 1. The molecule has 7 heteroatoms. The minimum Gasteiger partial charge on any atom is -0.464 e. The van der Waals surface area contributed by atoms with Gasteiger partial charge in [0.2, 0.25) is 5.91 Å². The molecule has 0 unspecified atom stereocenters. The first kappa shape index (κ1) is 13.8. The quantitative estimate of drug-likeness (QED) is 0.845. The molecule has 0 radical (unpaired) electrons. The molecule has 1 N–H and O–H groups in total. The fourth-order valence-corrected chi connectivity index (χ4v) is 2.64. The third-order valence-electron chi connectivity index (χ3n) is 3.00. The van der Waals surface area contributed by atoms with Crippen molar-refractivity contribution < 1.29 is 14.3 Å². The van der Waals surface area contributed by atoms with Gasteiger partial charge in [-0.2, -0.15) is 0 Å². The number of thiazole rings is 1. The van der Waals surface area contributed by atoms with E-state index in [-0.39, 0.29) is 18.1 Å². The molecule has 104 valence electrons. The molecule has 0 spiro atoms. The van der Waals surface area contributed by atoms with E-state index in [2.05, 4.69) is 15.0 Å². The van der Waals surface area contributed by atoms with E-state index < -0.39 is 5.97 Å². The minimum atomic E-state index is -0.466. The molecule has 1 aliphatic heterocycles. The monoisotopic (exact) mass is 283 g/mol. The molecule has 1 saturated heterocycles. The van der Waals surface area contributed by atoms with E-state index in [4.69, 9.17) is 0 Å². The molecule has 1 aromatic rings. The van der Waals surface area contributed by atoms with Crippen molar-refractivity contribution in [3.8, 4) is 0 Å². The van der Waals surface area contributed by atoms with Crippen LogP contribution in [0.4, 0.5) is 5.13 Å². The van der Waals surface area contributed by atoms with E-state index in [0.29, 0.717) is 5.13 Å². The van der Waals surface area contributed by atoms with Crippen molar-refractivity contribution in [3.05, 3.63) is 11.1 Å². The highest BCUT2D eigenvalue weighted by molar-refractivity contribution is 7.13. The van der Waals surface area contributed by atoms with Crippen LogP contribution in [0.2, 0.25) is 0 Å². The smallest absolute Gasteiger partial charge is 0.357 e. The van der Waals surface area contributed by atoms with Crippen LogP contribution in [0.15, 0.2) is 5.38 Å². The summed E-state index contributed by atoms with van der Waals surface area (Å²) in [7, 11) is 1.31. The van der Waals surface area contributed by atoms with Crippen molar-refractivity contribution in [1.29, 1.82) is 0 Å². The average molecular weight is 283 g/mol. The average Bonchev–Trinajstić information content (AvgIpc) is 2.93. The molecule has 6 nitrogen and oxygen atoms in total. The third-order valence-corrected chi connectivity index (χ3v) is 3.80. The van der Waals surface area contributed by atoms with Gasteiger partial charge in [-0.05, 0) is 19.3 Å². The first-order valence-electron chi connectivity index (χ1n) is 6.26. The fourth-order valence-electron chi connectivity index (χ4n) is 1.96. The number of nitrogens with zero attached hydrogens (tertiary/aromatic N) is 2. The van der Waals surface area contributed by atoms with E-state index in [1.54, 1.807) is 5.38 Å². The van der Waals surface area contributed by atoms with Gasteiger partial charge in [0, 0.05) is 18.5 Å². The number of methoxy groups -OCH3 is 1. The lowest BCUT2D eigenvalue weighted by Crippen LogP contribution is -2.39. The Hall–Kier alpha value is -1.63. The van der Waals surface area contributed by atoms with Crippen LogP contribution in [0.5, 0.6) is 0 Å². The number of ether oxygens (including phenoxy) is 1. The summed E-state index contributed by atoms with van der Waals surface area (Å²) < 4.78 is 4.57. The third kappa shape index (κ3) is 3.66. The Bertz CT molecular complexity index is 455. The molecule has 1 aromatic heterocycles. The first-order valence-corrected chi connectivity index (χ1v) is 7.14. The van der Waals surface area contributed by atoms with Crippen LogP contribution in [-0.4, -0.2) is 48.5 Å². The van der Waals surface area contributed by atoms with Gasteiger partial charge in [-0.15, -0.1) is 11.3 Å². The number of esters is 1. The topological polar surface area (TPSA) is 71.5 Å². The Balaban J connectivity index is 1.83. The maximum atomic E-state index is 11.9. The molecule has 1 aliphatic rings. The van der Waals surface area contributed by atoms with Crippen LogP contribution in [-0.2, 0) is 9.53 Å². The van der Waals surface area contributed by atoms with Crippen LogP contribution < -0.4 is 5.32 Å². The minimum absolute atomic E-state index is 0.0783. The van der Waals surface area contributed by atoms with Gasteiger partial charge in [-0.25, -0.2) is 9.78 Å². The molecular weight excluding hydrogens is 266 g/mol. The number of amides is 1. The SMILES string of the molecule is COC(=O)c1csc(NCC(=O)N2CCCCC2)n1. The van der Waals surface area contributed by atoms with E-state index in [0.717, 1.165) is 25.9 Å². The van der Waals surface area contributed by atoms with Crippen molar-refractivity contribution in [2.45, 2.75) is 19.3 Å². The molecule has 19 heavy (non-hydrogen) atoms. The van der Waals surface area contributed by atoms with Crippen LogP contribution in [0.3, 0.4) is 0 Å². The van der Waals surface area contributed by atoms with Gasteiger partial charge in [0.05, 0.1) is 13.7 Å². The molecule has 0 bridgehead atoms. The Morgan fingerprint density at radius 3 is 2.84 bits per heavy atom. The van der Waals surface area contributed by atoms with Gasteiger partial charge < -0.3 is 15.0 Å². The molecule has 0 saturated carbocycles. The number of aromatic nitrogens is 1. The Morgan fingerprint density at radius 2 is 2.16 bits per heavy atom. The predicted molar refractivity (Wildman–Crippen MR) is 72.4 cm³/mol. The Labute approximate surface area is 115 Å². The van der Waals surface area contributed by atoms with Crippen LogP contribution >= 0.6 is 11.3 Å². The summed E-state index contributed by atoms with van der Waals surface area (Å²) in [6.07, 6.45) is 3.36. The van der Waals surface area contributed by atoms with Gasteiger partial charge >= 0.3 is 5.97 Å². The summed E-state index contributed by atoms with van der Waals surface area (Å²) in [6, 6.07) is 0. The molecule has 1 amide bonds. The highest BCUT2D eigenvalue weighted by Gasteiger charge is 2.17. The first-order chi connectivity index (χ1) is 9.20. The van der Waals surface area contributed by atoms with Crippen LogP contribution in [0, 0.1) is 0 Å². The maximum Gasteiger partial charge on any atom is 0.357 e. The van der Waals surface area contributed by atoms with Crippen molar-refractivity contribution in [3.63, 3.8) is 0 Å². The number of likely N-dealkylation sites (tertiary alicyclic amines) is 1. The lowest BCUT2D eigenvalue weighted by atomic mass is 10.1. The second kappa shape index (κ2) is 6.51. The van der Waals surface area contributed by atoms with Gasteiger partial charge in [0.25, 0.3) is 0 Å². The number of carbonyl (C=O) groups excluding carboxylic acids is 2. The van der Waals surface area contributed by atoms with Gasteiger partial charge in [0.15, 0.2) is 10.8 Å². The largest absolute Gasteiger partial charge is 0.464 e. The lowest BCUT2D eigenvalue weighted by molar-refractivity contribution is -0.130. The van der Waals surface area contributed by atoms with E-state index >= 15 is 0 Å². The van der Waals surface area contributed by atoms with E-state index in [1.165, 1.54) is 24.9 Å². The van der Waals surface area contributed by atoms with Crippen molar-refractivity contribution in [2.24, 2.45) is 0 Å². The van der Waals surface area contributed by atoms with Gasteiger partial charge in [-0.1, -0.05) is 0 Å². The van der Waals surface area contributed by atoms with Crippen LogP contribution in [0.1, 0.15) is 29.8 Å². The Kier molecular flexibility index (Phi) is 4.73. The van der Waals surface area contributed by atoms with Crippen molar-refractivity contribution in [2.75, 3.05) is 32.1 Å². The molecular formula is C12H17N3O3S. The van der Waals surface area contributed by atoms with Gasteiger partial charge in [0.1, 0.15) is 0 Å². The fraction of sp³-hybridized carbons (Fsp3) is 0.583. The summed E-state index contributed by atoms with van der Waals surface area (Å²) in [5, 5.41) is 5.12. The second-order valence-electron chi connectivity index (χ2n) is 4.32.